The lowest BCUT2D eigenvalue weighted by Crippen LogP contribution is -2.22. The minimum absolute atomic E-state index is 0.351. The van der Waals surface area contributed by atoms with Gasteiger partial charge in [0.05, 0.1) is 0 Å². The Kier molecular flexibility index (Phi) is 8.67. The number of esters is 1. The molecule has 0 aliphatic rings. The van der Waals surface area contributed by atoms with E-state index in [1.807, 2.05) is 69.3 Å². The molecule has 3 rings (SSSR count). The second kappa shape index (κ2) is 11.7. The van der Waals surface area contributed by atoms with Gasteiger partial charge in [0.25, 0.3) is 0 Å². The number of rotatable bonds is 8. The van der Waals surface area contributed by atoms with Crippen LogP contribution >= 0.6 is 15.9 Å². The van der Waals surface area contributed by atoms with Crippen LogP contribution in [0, 0.1) is 0 Å². The first-order valence-corrected chi connectivity index (χ1v) is 11.7. The average molecular weight is 505 g/mol. The summed E-state index contributed by atoms with van der Waals surface area (Å²) in [6.07, 6.45) is 8.19. The first-order valence-electron chi connectivity index (χ1n) is 10.9. The smallest absolute Gasteiger partial charge is 0.331 e. The van der Waals surface area contributed by atoms with E-state index in [4.69, 9.17) is 9.47 Å². The summed E-state index contributed by atoms with van der Waals surface area (Å²) >= 11 is 3.57. The molecule has 0 saturated heterocycles. The van der Waals surface area contributed by atoms with E-state index < -0.39 is 5.60 Å². The normalized spacial score (nSPS) is 11.8. The van der Waals surface area contributed by atoms with Gasteiger partial charge in [0.1, 0.15) is 18.0 Å². The van der Waals surface area contributed by atoms with E-state index >= 15 is 0 Å². The fourth-order valence-electron chi connectivity index (χ4n) is 3.20. The SMILES string of the molecule is CC(C)(C)OC(=O)C=Cc1cc(Br)cc(CC=Cc2ccccc2OCc2ccccc2)c1. The van der Waals surface area contributed by atoms with Gasteiger partial charge in [-0.05, 0) is 68.2 Å². The predicted octanol–water partition coefficient (Wildman–Crippen LogP) is 7.64. The van der Waals surface area contributed by atoms with Gasteiger partial charge in [-0.15, -0.1) is 0 Å². The monoisotopic (exact) mass is 504 g/mol. The maximum atomic E-state index is 12.0. The molecule has 3 aromatic rings. The zero-order valence-corrected chi connectivity index (χ0v) is 20.8. The summed E-state index contributed by atoms with van der Waals surface area (Å²) in [5.74, 6) is 0.504. The van der Waals surface area contributed by atoms with Gasteiger partial charge < -0.3 is 9.47 Å². The molecule has 0 heterocycles. The molecule has 3 aromatic carbocycles. The molecule has 0 N–H and O–H groups in total. The van der Waals surface area contributed by atoms with Gasteiger partial charge >= 0.3 is 5.97 Å². The topological polar surface area (TPSA) is 35.5 Å². The molecule has 0 bridgehead atoms. The van der Waals surface area contributed by atoms with Crippen molar-refractivity contribution in [2.24, 2.45) is 0 Å². The number of halogens is 1. The molecular formula is C29H29BrO3. The lowest BCUT2D eigenvalue weighted by molar-refractivity contribution is -0.148. The highest BCUT2D eigenvalue weighted by atomic mass is 79.9. The van der Waals surface area contributed by atoms with Crippen LogP contribution in [0.2, 0.25) is 0 Å². The third kappa shape index (κ3) is 8.74. The average Bonchev–Trinajstić information content (AvgIpc) is 2.76. The molecule has 0 radical (unpaired) electrons. The molecule has 0 unspecified atom stereocenters. The maximum Gasteiger partial charge on any atom is 0.331 e. The second-order valence-electron chi connectivity index (χ2n) is 8.68. The molecule has 3 nitrogen and oxygen atoms in total. The lowest BCUT2D eigenvalue weighted by atomic mass is 10.1. The minimum Gasteiger partial charge on any atom is -0.488 e. The highest BCUT2D eigenvalue weighted by molar-refractivity contribution is 9.10. The van der Waals surface area contributed by atoms with Crippen molar-refractivity contribution in [2.75, 3.05) is 0 Å². The van der Waals surface area contributed by atoms with Crippen molar-refractivity contribution in [1.29, 1.82) is 0 Å². The van der Waals surface area contributed by atoms with E-state index in [2.05, 4.69) is 52.3 Å². The van der Waals surface area contributed by atoms with Crippen LogP contribution in [-0.2, 0) is 22.6 Å². The highest BCUT2D eigenvalue weighted by Gasteiger charge is 2.13. The zero-order valence-electron chi connectivity index (χ0n) is 19.3. The van der Waals surface area contributed by atoms with E-state index in [9.17, 15) is 4.79 Å². The summed E-state index contributed by atoms with van der Waals surface area (Å²) in [6, 6.07) is 24.3. The fraction of sp³-hybridized carbons (Fsp3) is 0.207. The number of hydrogen-bond donors (Lipinski definition) is 0. The third-order valence-electron chi connectivity index (χ3n) is 4.61. The Morgan fingerprint density at radius 3 is 2.39 bits per heavy atom. The maximum absolute atomic E-state index is 12.0. The van der Waals surface area contributed by atoms with E-state index in [1.165, 1.54) is 6.08 Å². The number of benzene rings is 3. The van der Waals surface area contributed by atoms with Crippen LogP contribution in [0.25, 0.3) is 12.2 Å². The summed E-state index contributed by atoms with van der Waals surface area (Å²) in [5, 5.41) is 0. The van der Waals surface area contributed by atoms with Gasteiger partial charge in [0.2, 0.25) is 0 Å². The number of carbonyl (C=O) groups is 1. The first kappa shape index (κ1) is 24.5. The molecule has 0 fully saturated rings. The summed E-state index contributed by atoms with van der Waals surface area (Å²) in [6.45, 7) is 6.10. The van der Waals surface area contributed by atoms with Crippen LogP contribution in [-0.4, -0.2) is 11.6 Å². The number of para-hydroxylation sites is 1. The van der Waals surface area contributed by atoms with Crippen LogP contribution in [0.1, 0.15) is 43.0 Å². The van der Waals surface area contributed by atoms with E-state index in [-0.39, 0.29) is 5.97 Å². The van der Waals surface area contributed by atoms with Crippen molar-refractivity contribution in [3.05, 3.63) is 112 Å². The van der Waals surface area contributed by atoms with E-state index in [0.717, 1.165) is 38.9 Å². The zero-order chi connectivity index (χ0) is 23.7. The summed E-state index contributed by atoms with van der Waals surface area (Å²) in [4.78, 5) is 12.0. The van der Waals surface area contributed by atoms with Crippen molar-refractivity contribution in [3.63, 3.8) is 0 Å². The van der Waals surface area contributed by atoms with Crippen LogP contribution in [0.5, 0.6) is 5.75 Å². The Hall–Kier alpha value is -3.11. The third-order valence-corrected chi connectivity index (χ3v) is 5.06. The van der Waals surface area contributed by atoms with Crippen LogP contribution in [0.3, 0.4) is 0 Å². The largest absolute Gasteiger partial charge is 0.488 e. The summed E-state index contributed by atoms with van der Waals surface area (Å²) in [5.41, 5.74) is 3.73. The molecular weight excluding hydrogens is 476 g/mol. The minimum atomic E-state index is -0.504. The van der Waals surface area contributed by atoms with Gasteiger partial charge in [-0.25, -0.2) is 4.79 Å². The fourth-order valence-corrected chi connectivity index (χ4v) is 3.75. The first-order chi connectivity index (χ1) is 15.8. The van der Waals surface area contributed by atoms with Crippen molar-refractivity contribution >= 4 is 34.1 Å². The summed E-state index contributed by atoms with van der Waals surface area (Å²) < 4.78 is 12.3. The van der Waals surface area contributed by atoms with Gasteiger partial charge in [0, 0.05) is 16.1 Å². The quantitative estimate of drug-likeness (QED) is 0.233. The molecule has 33 heavy (non-hydrogen) atoms. The molecule has 0 amide bonds. The van der Waals surface area contributed by atoms with Crippen molar-refractivity contribution < 1.29 is 14.3 Å². The molecule has 170 valence electrons. The number of allylic oxidation sites excluding steroid dienone is 1. The van der Waals surface area contributed by atoms with Gasteiger partial charge in [-0.3, -0.25) is 0 Å². The Bertz CT molecular complexity index is 1130. The van der Waals surface area contributed by atoms with Crippen molar-refractivity contribution in [3.8, 4) is 5.75 Å². The van der Waals surface area contributed by atoms with Crippen molar-refractivity contribution in [1.82, 2.24) is 0 Å². The van der Waals surface area contributed by atoms with Gasteiger partial charge in [0.15, 0.2) is 0 Å². The standard InChI is InChI=1S/C29H29BrO3/c1-29(2,3)33-28(31)17-16-24-18-23(19-26(30)20-24)12-9-14-25-13-7-8-15-27(25)32-21-22-10-5-4-6-11-22/h4-11,13-20H,12,21H2,1-3H3. The summed E-state index contributed by atoms with van der Waals surface area (Å²) in [7, 11) is 0. The molecule has 0 atom stereocenters. The molecule has 0 aromatic heterocycles. The Morgan fingerprint density at radius 2 is 1.64 bits per heavy atom. The molecule has 0 saturated carbocycles. The molecule has 4 heteroatoms. The second-order valence-corrected chi connectivity index (χ2v) is 9.59. The Balaban J connectivity index is 1.65. The van der Waals surface area contributed by atoms with Crippen LogP contribution < -0.4 is 4.74 Å². The van der Waals surface area contributed by atoms with E-state index in [1.54, 1.807) is 6.08 Å². The Morgan fingerprint density at radius 1 is 0.909 bits per heavy atom. The Labute approximate surface area is 204 Å². The number of carbonyl (C=O) groups excluding carboxylic acids is 1. The van der Waals surface area contributed by atoms with Crippen LogP contribution in [0.15, 0.2) is 89.4 Å². The number of ether oxygens (including phenoxy) is 2. The lowest BCUT2D eigenvalue weighted by Gasteiger charge is -2.17. The molecule has 0 spiro atoms. The highest BCUT2D eigenvalue weighted by Crippen LogP contribution is 2.22. The predicted molar refractivity (Wildman–Crippen MR) is 139 cm³/mol. The van der Waals surface area contributed by atoms with Gasteiger partial charge in [-0.1, -0.05) is 82.7 Å². The molecule has 0 aliphatic heterocycles. The van der Waals surface area contributed by atoms with Crippen molar-refractivity contribution in [2.45, 2.75) is 39.4 Å². The number of hydrogen-bond acceptors (Lipinski definition) is 3. The molecule has 0 aliphatic carbocycles. The van der Waals surface area contributed by atoms with E-state index in [0.29, 0.717) is 6.61 Å². The van der Waals surface area contributed by atoms with Crippen LogP contribution in [0.4, 0.5) is 0 Å². The van der Waals surface area contributed by atoms with Gasteiger partial charge in [-0.2, -0.15) is 0 Å².